The number of methoxy groups -OCH3 is 1. The number of hydrogen-bond donors (Lipinski definition) is 2. The molecule has 2 amide bonds. The molecule has 2 saturated heterocycles. The third-order valence-electron chi connectivity index (χ3n) is 7.94. The zero-order chi connectivity index (χ0) is 27.0. The first kappa shape index (κ1) is 29.4. The average Bonchev–Trinajstić information content (AvgIpc) is 2.86. The largest absolute Gasteiger partial charge is 0.496 e. The second kappa shape index (κ2) is 13.6. The highest BCUT2D eigenvalue weighted by atomic mass is 16.5. The molecule has 7 heteroatoms. The lowest BCUT2D eigenvalue weighted by atomic mass is 9.73. The van der Waals surface area contributed by atoms with E-state index in [9.17, 15) is 9.59 Å². The van der Waals surface area contributed by atoms with E-state index in [1.807, 2.05) is 6.92 Å². The molecule has 0 bridgehead atoms. The van der Waals surface area contributed by atoms with Crippen molar-refractivity contribution in [1.29, 1.82) is 0 Å². The van der Waals surface area contributed by atoms with Gasteiger partial charge in [0.1, 0.15) is 11.8 Å². The Balaban J connectivity index is 1.75. The normalized spacial score (nSPS) is 24.2. The lowest BCUT2D eigenvalue weighted by Gasteiger charge is -2.41. The van der Waals surface area contributed by atoms with Gasteiger partial charge in [-0.2, -0.15) is 0 Å². The maximum atomic E-state index is 13.8. The third-order valence-corrected chi connectivity index (χ3v) is 7.94. The number of nitrogens with one attached hydrogen (secondary N) is 2. The summed E-state index contributed by atoms with van der Waals surface area (Å²) in [6, 6.07) is 5.87. The number of likely N-dealkylation sites (tertiary alicyclic amines) is 1. The van der Waals surface area contributed by atoms with Gasteiger partial charge in [0.2, 0.25) is 11.8 Å². The van der Waals surface area contributed by atoms with Crippen molar-refractivity contribution in [3.05, 3.63) is 29.3 Å². The molecule has 0 saturated carbocycles. The van der Waals surface area contributed by atoms with Gasteiger partial charge in [0, 0.05) is 24.8 Å². The molecule has 1 aromatic carbocycles. The fraction of sp³-hybridized carbons (Fsp3) is 0.733. The zero-order valence-corrected chi connectivity index (χ0v) is 23.9. The summed E-state index contributed by atoms with van der Waals surface area (Å²) in [5.41, 5.74) is 2.06. The van der Waals surface area contributed by atoms with Gasteiger partial charge in [0.05, 0.1) is 19.1 Å². The van der Waals surface area contributed by atoms with E-state index in [2.05, 4.69) is 61.4 Å². The van der Waals surface area contributed by atoms with E-state index in [-0.39, 0.29) is 17.9 Å². The SMILES string of the molecule is COc1ccc(C(C)C)cc1CN1CCC2(CCCCOC[C@@H](C)NC(=O)[C@H](CC(C)C)NC2=O)CC1. The van der Waals surface area contributed by atoms with E-state index in [4.69, 9.17) is 9.47 Å². The van der Waals surface area contributed by atoms with E-state index in [1.165, 1.54) is 11.1 Å². The lowest BCUT2D eigenvalue weighted by molar-refractivity contribution is -0.138. The molecular weight excluding hydrogens is 466 g/mol. The number of nitrogens with zero attached hydrogens (tertiary/aromatic N) is 1. The van der Waals surface area contributed by atoms with Crippen molar-refractivity contribution in [2.24, 2.45) is 11.3 Å². The molecule has 37 heavy (non-hydrogen) atoms. The average molecular weight is 516 g/mol. The predicted octanol–water partition coefficient (Wildman–Crippen LogP) is 4.64. The fourth-order valence-electron chi connectivity index (χ4n) is 5.58. The maximum absolute atomic E-state index is 13.8. The summed E-state index contributed by atoms with van der Waals surface area (Å²) in [4.78, 5) is 29.3. The minimum Gasteiger partial charge on any atom is -0.496 e. The second-order valence-electron chi connectivity index (χ2n) is 11.9. The van der Waals surface area contributed by atoms with Crippen molar-refractivity contribution >= 4 is 11.8 Å². The van der Waals surface area contributed by atoms with Gasteiger partial charge in [-0.05, 0) is 75.6 Å². The van der Waals surface area contributed by atoms with Gasteiger partial charge in [-0.1, -0.05) is 46.2 Å². The molecule has 7 nitrogen and oxygen atoms in total. The highest BCUT2D eigenvalue weighted by molar-refractivity contribution is 5.90. The van der Waals surface area contributed by atoms with E-state index in [0.717, 1.165) is 57.5 Å². The van der Waals surface area contributed by atoms with Crippen LogP contribution in [0.15, 0.2) is 18.2 Å². The summed E-state index contributed by atoms with van der Waals surface area (Å²) in [5.74, 6) is 1.61. The van der Waals surface area contributed by atoms with Crippen molar-refractivity contribution in [3.8, 4) is 5.75 Å². The smallest absolute Gasteiger partial charge is 0.242 e. The first-order valence-corrected chi connectivity index (χ1v) is 14.2. The number of amides is 2. The Kier molecular flexibility index (Phi) is 10.8. The highest BCUT2D eigenvalue weighted by Gasteiger charge is 2.42. The molecule has 2 aliphatic rings. The number of hydrogen-bond acceptors (Lipinski definition) is 5. The molecule has 1 spiro atoms. The Morgan fingerprint density at radius 3 is 2.46 bits per heavy atom. The monoisotopic (exact) mass is 515 g/mol. The topological polar surface area (TPSA) is 79.9 Å². The summed E-state index contributed by atoms with van der Waals surface area (Å²) < 4.78 is 11.5. The molecule has 0 radical (unpaired) electrons. The molecule has 0 aromatic heterocycles. The van der Waals surface area contributed by atoms with Crippen LogP contribution in [0.4, 0.5) is 0 Å². The van der Waals surface area contributed by atoms with Gasteiger partial charge in [0.25, 0.3) is 0 Å². The van der Waals surface area contributed by atoms with Crippen LogP contribution in [-0.2, 0) is 20.9 Å². The van der Waals surface area contributed by atoms with Gasteiger partial charge in [-0.25, -0.2) is 0 Å². The van der Waals surface area contributed by atoms with Crippen LogP contribution in [-0.4, -0.2) is 62.2 Å². The Labute approximate surface area is 224 Å². The highest BCUT2D eigenvalue weighted by Crippen LogP contribution is 2.38. The van der Waals surface area contributed by atoms with Gasteiger partial charge >= 0.3 is 0 Å². The van der Waals surface area contributed by atoms with Crippen molar-refractivity contribution in [2.45, 2.75) is 97.7 Å². The summed E-state index contributed by atoms with van der Waals surface area (Å²) in [5, 5.41) is 6.23. The molecule has 208 valence electrons. The Bertz CT molecular complexity index is 893. The first-order valence-electron chi connectivity index (χ1n) is 14.2. The third kappa shape index (κ3) is 8.18. The Morgan fingerprint density at radius 1 is 1.08 bits per heavy atom. The molecule has 2 atom stereocenters. The number of piperidine rings is 1. The van der Waals surface area contributed by atoms with E-state index in [1.54, 1.807) is 7.11 Å². The van der Waals surface area contributed by atoms with Crippen LogP contribution in [0.2, 0.25) is 0 Å². The number of rotatable bonds is 6. The van der Waals surface area contributed by atoms with Crippen molar-refractivity contribution in [3.63, 3.8) is 0 Å². The molecule has 0 aliphatic carbocycles. The molecule has 1 aromatic rings. The first-order chi connectivity index (χ1) is 17.6. The lowest BCUT2D eigenvalue weighted by Crippen LogP contribution is -2.55. The minimum atomic E-state index is -0.520. The molecule has 2 N–H and O–H groups in total. The molecule has 2 aliphatic heterocycles. The summed E-state index contributed by atoms with van der Waals surface area (Å²) in [6.45, 7) is 14.2. The molecule has 2 fully saturated rings. The van der Waals surface area contributed by atoms with Gasteiger partial charge in [-0.3, -0.25) is 14.5 Å². The van der Waals surface area contributed by atoms with Crippen LogP contribution >= 0.6 is 0 Å². The van der Waals surface area contributed by atoms with Crippen molar-refractivity contribution < 1.29 is 19.1 Å². The van der Waals surface area contributed by atoms with Crippen molar-refractivity contribution in [1.82, 2.24) is 15.5 Å². The van der Waals surface area contributed by atoms with Crippen LogP contribution in [0, 0.1) is 11.3 Å². The number of carbonyl (C=O) groups is 2. The summed E-state index contributed by atoms with van der Waals surface area (Å²) in [7, 11) is 1.73. The van der Waals surface area contributed by atoms with Crippen LogP contribution in [0.1, 0.15) is 90.2 Å². The van der Waals surface area contributed by atoms with Crippen LogP contribution in [0.5, 0.6) is 5.75 Å². The van der Waals surface area contributed by atoms with Gasteiger partial charge in [0.15, 0.2) is 0 Å². The Morgan fingerprint density at radius 2 is 1.81 bits per heavy atom. The van der Waals surface area contributed by atoms with E-state index in [0.29, 0.717) is 31.5 Å². The summed E-state index contributed by atoms with van der Waals surface area (Å²) >= 11 is 0. The zero-order valence-electron chi connectivity index (χ0n) is 23.9. The maximum Gasteiger partial charge on any atom is 0.242 e. The second-order valence-corrected chi connectivity index (χ2v) is 11.9. The van der Waals surface area contributed by atoms with Crippen LogP contribution < -0.4 is 15.4 Å². The van der Waals surface area contributed by atoms with Crippen LogP contribution in [0.25, 0.3) is 0 Å². The molecule has 3 rings (SSSR count). The van der Waals surface area contributed by atoms with Gasteiger partial charge in [-0.15, -0.1) is 0 Å². The summed E-state index contributed by atoms with van der Waals surface area (Å²) in [6.07, 6.45) is 4.90. The predicted molar refractivity (Wildman–Crippen MR) is 148 cm³/mol. The standard InChI is InChI=1S/C30H49N3O4/c1-21(2)17-26-28(34)31-23(5)20-37-16-8-7-11-30(29(35)32-26)12-14-33(15-13-30)19-25-18-24(22(3)4)9-10-27(25)36-6/h9-10,18,21-23,26H,7-8,11-17,19-20H2,1-6H3,(H,31,34)(H,32,35)/t23-,26+/m1/s1. The Hall–Kier alpha value is -2.12. The quantitative estimate of drug-likeness (QED) is 0.577. The van der Waals surface area contributed by atoms with E-state index < -0.39 is 11.5 Å². The number of carbonyl (C=O) groups excluding carboxylic acids is 2. The number of benzene rings is 1. The van der Waals surface area contributed by atoms with Crippen LogP contribution in [0.3, 0.4) is 0 Å². The fourth-order valence-corrected chi connectivity index (χ4v) is 5.58. The minimum absolute atomic E-state index is 0.0418. The number of ether oxygens (including phenoxy) is 2. The molecule has 0 unspecified atom stereocenters. The van der Waals surface area contributed by atoms with Crippen molar-refractivity contribution in [2.75, 3.05) is 33.4 Å². The molecule has 2 heterocycles. The molecular formula is C30H49N3O4. The van der Waals surface area contributed by atoms with E-state index >= 15 is 0 Å². The van der Waals surface area contributed by atoms with Gasteiger partial charge < -0.3 is 20.1 Å².